The van der Waals surface area contributed by atoms with E-state index in [-0.39, 0.29) is 0 Å². The maximum Gasteiger partial charge on any atom is 0.336 e. The summed E-state index contributed by atoms with van der Waals surface area (Å²) in [5, 5.41) is 9.58. The molecule has 1 aromatic heterocycles. The van der Waals surface area contributed by atoms with Crippen molar-refractivity contribution < 1.29 is 24.1 Å². The zero-order valence-corrected chi connectivity index (χ0v) is 17.9. The number of carboxylic acids is 1. The molecule has 0 bridgehead atoms. The third-order valence-electron chi connectivity index (χ3n) is 6.34. The van der Waals surface area contributed by atoms with Gasteiger partial charge in [-0.15, -0.1) is 0 Å². The fourth-order valence-corrected chi connectivity index (χ4v) is 4.63. The number of nitrogens with zero attached hydrogens (tertiary/aromatic N) is 1. The first kappa shape index (κ1) is 21.6. The van der Waals surface area contributed by atoms with Crippen LogP contribution in [0.1, 0.15) is 62.0 Å². The zero-order chi connectivity index (χ0) is 21.5. The highest BCUT2D eigenvalue weighted by Gasteiger charge is 2.43. The molecule has 4 rings (SSSR count). The van der Waals surface area contributed by atoms with Crippen molar-refractivity contribution in [1.29, 1.82) is 0 Å². The Hall–Kier alpha value is -2.60. The summed E-state index contributed by atoms with van der Waals surface area (Å²) in [5.41, 5.74) is 1.12. The van der Waals surface area contributed by atoms with Crippen molar-refractivity contribution in [2.45, 2.75) is 62.9 Å². The number of hydrogen-bond donors (Lipinski definition) is 1. The second-order valence-electron chi connectivity index (χ2n) is 8.53. The Kier molecular flexibility index (Phi) is 7.07. The zero-order valence-electron chi connectivity index (χ0n) is 17.9. The van der Waals surface area contributed by atoms with Crippen LogP contribution in [0.25, 0.3) is 0 Å². The summed E-state index contributed by atoms with van der Waals surface area (Å²) < 4.78 is 17.1. The molecule has 1 N–H and O–H groups in total. The lowest BCUT2D eigenvalue weighted by atomic mass is 9.84. The lowest BCUT2D eigenvalue weighted by Gasteiger charge is -2.23. The van der Waals surface area contributed by atoms with Gasteiger partial charge in [-0.1, -0.05) is 31.4 Å². The molecule has 1 atom stereocenters. The first-order valence-electron chi connectivity index (χ1n) is 11.3. The minimum absolute atomic E-state index is 0.311. The van der Waals surface area contributed by atoms with Gasteiger partial charge in [0.25, 0.3) is 0 Å². The fraction of sp³-hybridized carbons (Fsp3) is 0.520. The Morgan fingerprint density at radius 3 is 2.55 bits per heavy atom. The molecule has 1 aliphatic carbocycles. The number of carbonyl (C=O) groups is 1. The van der Waals surface area contributed by atoms with Crippen LogP contribution in [0.2, 0.25) is 0 Å². The van der Waals surface area contributed by atoms with Gasteiger partial charge in [-0.05, 0) is 60.9 Å². The van der Waals surface area contributed by atoms with Gasteiger partial charge in [-0.2, -0.15) is 0 Å². The van der Waals surface area contributed by atoms with Gasteiger partial charge in [0.1, 0.15) is 19.0 Å². The molecule has 2 aromatic rings. The molecular formula is C25H31NO5. The number of ether oxygens (including phenoxy) is 3. The number of aromatic nitrogens is 1. The summed E-state index contributed by atoms with van der Waals surface area (Å²) in [4.78, 5) is 15.9. The van der Waals surface area contributed by atoms with Gasteiger partial charge >= 0.3 is 5.97 Å². The molecule has 1 unspecified atom stereocenters. The van der Waals surface area contributed by atoms with Crippen molar-refractivity contribution >= 4 is 5.97 Å². The van der Waals surface area contributed by atoms with E-state index in [1.165, 1.54) is 37.7 Å². The van der Waals surface area contributed by atoms with E-state index in [9.17, 15) is 9.90 Å². The Balaban J connectivity index is 1.24. The van der Waals surface area contributed by atoms with Crippen molar-refractivity contribution in [3.63, 3.8) is 0 Å². The number of rotatable bonds is 9. The van der Waals surface area contributed by atoms with Crippen LogP contribution in [0.5, 0.6) is 11.6 Å². The number of hydrogen-bond acceptors (Lipinski definition) is 5. The average molecular weight is 426 g/mol. The van der Waals surface area contributed by atoms with Crippen LogP contribution in [0.3, 0.4) is 0 Å². The van der Waals surface area contributed by atoms with E-state index in [0.717, 1.165) is 17.7 Å². The van der Waals surface area contributed by atoms with E-state index in [1.54, 1.807) is 12.3 Å². The van der Waals surface area contributed by atoms with Crippen molar-refractivity contribution in [3.8, 4) is 11.6 Å². The molecule has 1 saturated carbocycles. The topological polar surface area (TPSA) is 77.9 Å². The Morgan fingerprint density at radius 2 is 1.84 bits per heavy atom. The van der Waals surface area contributed by atoms with Gasteiger partial charge in [0, 0.05) is 25.3 Å². The van der Waals surface area contributed by atoms with E-state index in [0.29, 0.717) is 44.5 Å². The maximum atomic E-state index is 11.7. The highest BCUT2D eigenvalue weighted by atomic mass is 16.5. The smallest absolute Gasteiger partial charge is 0.336 e. The molecule has 166 valence electrons. The van der Waals surface area contributed by atoms with Gasteiger partial charge in [-0.3, -0.25) is 0 Å². The monoisotopic (exact) mass is 425 g/mol. The van der Waals surface area contributed by atoms with Crippen molar-refractivity contribution in [1.82, 2.24) is 4.98 Å². The predicted molar refractivity (Wildman–Crippen MR) is 117 cm³/mol. The van der Waals surface area contributed by atoms with Gasteiger partial charge in [0.05, 0.1) is 0 Å². The minimum Gasteiger partial charge on any atom is -0.490 e. The molecule has 0 amide bonds. The molecule has 1 aromatic carbocycles. The molecule has 6 heteroatoms. The standard InChI is InChI=1S/C25H31NO5/c27-24(28)25(12-4-14-31-25)18-19-11-13-26-23(17-19)30-16-15-29-22-9-7-21(8-10-22)20-5-2-1-3-6-20/h7-11,13,17,20H,1-6,12,14-16,18H2,(H,27,28). The Labute approximate surface area is 183 Å². The summed E-state index contributed by atoms with van der Waals surface area (Å²) in [5.74, 6) is 1.09. The van der Waals surface area contributed by atoms with E-state index >= 15 is 0 Å². The highest BCUT2D eigenvalue weighted by molar-refractivity contribution is 5.78. The highest BCUT2D eigenvalue weighted by Crippen LogP contribution is 2.33. The molecule has 6 nitrogen and oxygen atoms in total. The van der Waals surface area contributed by atoms with Crippen molar-refractivity contribution in [2.75, 3.05) is 19.8 Å². The average Bonchev–Trinajstić information content (AvgIpc) is 3.28. The van der Waals surface area contributed by atoms with Crippen LogP contribution in [0.4, 0.5) is 0 Å². The predicted octanol–water partition coefficient (Wildman–Crippen LogP) is 4.76. The van der Waals surface area contributed by atoms with E-state index in [4.69, 9.17) is 14.2 Å². The van der Waals surface area contributed by atoms with Crippen LogP contribution in [0.15, 0.2) is 42.6 Å². The molecule has 2 heterocycles. The van der Waals surface area contributed by atoms with Crippen molar-refractivity contribution in [3.05, 3.63) is 53.7 Å². The second-order valence-corrected chi connectivity index (χ2v) is 8.53. The molecule has 1 saturated heterocycles. The third kappa shape index (κ3) is 5.56. The summed E-state index contributed by atoms with van der Waals surface area (Å²) >= 11 is 0. The molecular weight excluding hydrogens is 394 g/mol. The summed E-state index contributed by atoms with van der Waals surface area (Å²) in [6.45, 7) is 1.26. The molecule has 1 aliphatic heterocycles. The van der Waals surface area contributed by atoms with Gasteiger partial charge in [0.2, 0.25) is 5.88 Å². The summed E-state index contributed by atoms with van der Waals surface area (Å²) in [7, 11) is 0. The first-order valence-corrected chi connectivity index (χ1v) is 11.3. The normalized spacial score (nSPS) is 21.7. The molecule has 0 spiro atoms. The first-order chi connectivity index (χ1) is 15.1. The molecule has 31 heavy (non-hydrogen) atoms. The van der Waals surface area contributed by atoms with Gasteiger partial charge in [-0.25, -0.2) is 9.78 Å². The quantitative estimate of drug-likeness (QED) is 0.584. The number of aliphatic carboxylic acids is 1. The van der Waals surface area contributed by atoms with E-state index in [2.05, 4.69) is 17.1 Å². The van der Waals surface area contributed by atoms with Crippen LogP contribution in [-0.4, -0.2) is 41.5 Å². The maximum absolute atomic E-state index is 11.7. The SMILES string of the molecule is O=C(O)C1(Cc2ccnc(OCCOc3ccc(C4CCCCC4)cc3)c2)CCCO1. The van der Waals surface area contributed by atoms with E-state index in [1.807, 2.05) is 18.2 Å². The van der Waals surface area contributed by atoms with Crippen LogP contribution in [0, 0.1) is 0 Å². The summed E-state index contributed by atoms with van der Waals surface area (Å²) in [6.07, 6.45) is 9.85. The van der Waals surface area contributed by atoms with Gasteiger partial charge in [0.15, 0.2) is 5.60 Å². The minimum atomic E-state index is -1.13. The number of benzene rings is 1. The van der Waals surface area contributed by atoms with Gasteiger partial charge < -0.3 is 19.3 Å². The van der Waals surface area contributed by atoms with Crippen LogP contribution < -0.4 is 9.47 Å². The Bertz CT molecular complexity index is 854. The van der Waals surface area contributed by atoms with E-state index < -0.39 is 11.6 Å². The fourth-order valence-electron chi connectivity index (χ4n) is 4.63. The largest absolute Gasteiger partial charge is 0.490 e. The van der Waals surface area contributed by atoms with Crippen LogP contribution >= 0.6 is 0 Å². The van der Waals surface area contributed by atoms with Crippen LogP contribution in [-0.2, 0) is 16.0 Å². The lowest BCUT2D eigenvalue weighted by molar-refractivity contribution is -0.159. The molecule has 2 aliphatic rings. The number of pyridine rings is 1. The number of carboxylic acid groups (broad SMARTS) is 1. The third-order valence-corrected chi connectivity index (χ3v) is 6.34. The molecule has 2 fully saturated rings. The Morgan fingerprint density at radius 1 is 1.06 bits per heavy atom. The summed E-state index contributed by atoms with van der Waals surface area (Å²) in [6, 6.07) is 12.0. The second kappa shape index (κ2) is 10.1. The van der Waals surface area contributed by atoms with Crippen molar-refractivity contribution in [2.24, 2.45) is 0 Å². The molecule has 0 radical (unpaired) electrons. The lowest BCUT2D eigenvalue weighted by Crippen LogP contribution is -2.40.